The Morgan fingerprint density at radius 2 is 2.00 bits per heavy atom. The van der Waals surface area contributed by atoms with Gasteiger partial charge in [0.25, 0.3) is 0 Å². The van der Waals surface area contributed by atoms with Crippen molar-refractivity contribution in [2.45, 2.75) is 64.5 Å². The predicted molar refractivity (Wildman–Crippen MR) is 131 cm³/mol. The van der Waals surface area contributed by atoms with Crippen LogP contribution in [0.1, 0.15) is 64.2 Å². The van der Waals surface area contributed by atoms with Gasteiger partial charge in [-0.3, -0.25) is 14.7 Å². The van der Waals surface area contributed by atoms with Gasteiger partial charge in [0.1, 0.15) is 5.76 Å². The highest BCUT2D eigenvalue weighted by molar-refractivity contribution is 14.0. The summed E-state index contributed by atoms with van der Waals surface area (Å²) in [6.45, 7) is 9.67. The molecule has 1 aromatic rings. The molecular weight excluding hydrogens is 493 g/mol. The fraction of sp³-hybridized carbons (Fsp3) is 0.727. The van der Waals surface area contributed by atoms with Crippen LogP contribution in [0.4, 0.5) is 0 Å². The number of furan rings is 1. The van der Waals surface area contributed by atoms with Gasteiger partial charge in [0, 0.05) is 32.1 Å². The van der Waals surface area contributed by atoms with Crippen LogP contribution in [0.15, 0.2) is 27.8 Å². The van der Waals surface area contributed by atoms with E-state index < -0.39 is 0 Å². The Kier molecular flexibility index (Phi) is 11.0. The number of rotatable bonds is 10. The van der Waals surface area contributed by atoms with Crippen LogP contribution < -0.4 is 10.6 Å². The summed E-state index contributed by atoms with van der Waals surface area (Å²) in [7, 11) is 0. The maximum atomic E-state index is 12.0. The van der Waals surface area contributed by atoms with Crippen molar-refractivity contribution in [1.82, 2.24) is 20.4 Å². The fourth-order valence-corrected chi connectivity index (χ4v) is 4.43. The topological polar surface area (TPSA) is 73.1 Å². The SMILES string of the molecule is CCNC(=NCC(c1ccco1)N1CCCC1)NCCC(CC)N1CCCC1=O.I. The molecule has 0 aromatic carbocycles. The van der Waals surface area contributed by atoms with Gasteiger partial charge >= 0.3 is 0 Å². The van der Waals surface area contributed by atoms with Crippen molar-refractivity contribution in [2.24, 2.45) is 4.99 Å². The molecule has 0 saturated carbocycles. The van der Waals surface area contributed by atoms with Crippen LogP contribution in [0.5, 0.6) is 0 Å². The quantitative estimate of drug-likeness (QED) is 0.275. The summed E-state index contributed by atoms with van der Waals surface area (Å²) in [6.07, 6.45) is 7.88. The zero-order valence-corrected chi connectivity index (χ0v) is 20.8. The number of amides is 1. The average molecular weight is 531 g/mol. The molecular formula is C22H38IN5O2. The van der Waals surface area contributed by atoms with Gasteiger partial charge in [-0.15, -0.1) is 24.0 Å². The van der Waals surface area contributed by atoms with E-state index in [2.05, 4.69) is 40.3 Å². The molecule has 1 amide bonds. The number of likely N-dealkylation sites (tertiary alicyclic amines) is 2. The second-order valence-corrected chi connectivity index (χ2v) is 7.96. The van der Waals surface area contributed by atoms with Gasteiger partial charge in [-0.1, -0.05) is 6.92 Å². The molecule has 0 radical (unpaired) electrons. The maximum absolute atomic E-state index is 12.0. The lowest BCUT2D eigenvalue weighted by Crippen LogP contribution is -2.42. The lowest BCUT2D eigenvalue weighted by atomic mass is 10.1. The highest BCUT2D eigenvalue weighted by atomic mass is 127. The van der Waals surface area contributed by atoms with Crippen LogP contribution in [-0.4, -0.2) is 67.0 Å². The lowest BCUT2D eigenvalue weighted by Gasteiger charge is -2.27. The summed E-state index contributed by atoms with van der Waals surface area (Å²) in [5.41, 5.74) is 0. The van der Waals surface area contributed by atoms with E-state index >= 15 is 0 Å². The molecule has 0 spiro atoms. The third kappa shape index (κ3) is 6.87. The van der Waals surface area contributed by atoms with Crippen molar-refractivity contribution in [2.75, 3.05) is 39.3 Å². The molecule has 7 nitrogen and oxygen atoms in total. The molecule has 2 N–H and O–H groups in total. The van der Waals surface area contributed by atoms with Gasteiger partial charge in [-0.25, -0.2) is 0 Å². The zero-order chi connectivity index (χ0) is 20.5. The van der Waals surface area contributed by atoms with E-state index in [1.54, 1.807) is 6.26 Å². The van der Waals surface area contributed by atoms with Gasteiger partial charge in [-0.2, -0.15) is 0 Å². The number of carbonyl (C=O) groups is 1. The third-order valence-corrected chi connectivity index (χ3v) is 6.01. The van der Waals surface area contributed by atoms with E-state index in [9.17, 15) is 4.79 Å². The molecule has 30 heavy (non-hydrogen) atoms. The van der Waals surface area contributed by atoms with E-state index in [1.165, 1.54) is 12.8 Å². The number of halogens is 1. The van der Waals surface area contributed by atoms with Crippen LogP contribution in [0, 0.1) is 0 Å². The molecule has 0 aliphatic carbocycles. The van der Waals surface area contributed by atoms with Crippen molar-refractivity contribution in [3.8, 4) is 0 Å². The van der Waals surface area contributed by atoms with Gasteiger partial charge in [0.15, 0.2) is 5.96 Å². The van der Waals surface area contributed by atoms with Crippen molar-refractivity contribution in [1.29, 1.82) is 0 Å². The molecule has 0 bridgehead atoms. The normalized spacial score (nSPS) is 19.6. The van der Waals surface area contributed by atoms with Crippen molar-refractivity contribution in [3.05, 3.63) is 24.2 Å². The Labute approximate surface area is 198 Å². The number of carbonyl (C=O) groups excluding carboxylic acids is 1. The monoisotopic (exact) mass is 531 g/mol. The Morgan fingerprint density at radius 3 is 2.60 bits per heavy atom. The molecule has 3 heterocycles. The fourth-order valence-electron chi connectivity index (χ4n) is 4.43. The smallest absolute Gasteiger partial charge is 0.222 e. The minimum atomic E-state index is 0. The highest BCUT2D eigenvalue weighted by Crippen LogP contribution is 2.25. The summed E-state index contributed by atoms with van der Waals surface area (Å²) < 4.78 is 5.71. The number of aliphatic imine (C=N–C) groups is 1. The Balaban J connectivity index is 0.00000320. The van der Waals surface area contributed by atoms with Crippen LogP contribution in [-0.2, 0) is 4.79 Å². The molecule has 170 valence electrons. The highest BCUT2D eigenvalue weighted by Gasteiger charge is 2.27. The predicted octanol–water partition coefficient (Wildman–Crippen LogP) is 3.38. The summed E-state index contributed by atoms with van der Waals surface area (Å²) in [5.74, 6) is 2.14. The number of guanidine groups is 1. The van der Waals surface area contributed by atoms with Crippen molar-refractivity contribution < 1.29 is 9.21 Å². The second kappa shape index (κ2) is 13.2. The molecule has 2 saturated heterocycles. The van der Waals surface area contributed by atoms with E-state index in [0.717, 1.165) is 63.7 Å². The molecule has 2 fully saturated rings. The Bertz CT molecular complexity index is 646. The van der Waals surface area contributed by atoms with Gasteiger partial charge in [0.05, 0.1) is 18.8 Å². The van der Waals surface area contributed by atoms with Crippen LogP contribution in [0.2, 0.25) is 0 Å². The first kappa shape index (κ1) is 25.0. The van der Waals surface area contributed by atoms with Gasteiger partial charge < -0.3 is 20.0 Å². The average Bonchev–Trinajstić information content (AvgIpc) is 3.49. The van der Waals surface area contributed by atoms with Gasteiger partial charge in [0.2, 0.25) is 5.91 Å². The van der Waals surface area contributed by atoms with Crippen molar-refractivity contribution >= 4 is 35.8 Å². The third-order valence-electron chi connectivity index (χ3n) is 6.01. The first-order chi connectivity index (χ1) is 14.2. The standard InChI is InChI=1S/C22H37N5O2.HI/c1-3-18(27-15-7-10-21(27)28)11-12-24-22(23-4-2)25-17-19(20-9-8-16-29-20)26-13-5-6-14-26;/h8-9,16,18-19H,3-7,10-15,17H2,1-2H3,(H2,23,24,25);1H. The maximum Gasteiger partial charge on any atom is 0.222 e. The summed E-state index contributed by atoms with van der Waals surface area (Å²) in [4.78, 5) is 21.4. The molecule has 3 rings (SSSR count). The first-order valence-corrected chi connectivity index (χ1v) is 11.3. The Morgan fingerprint density at radius 1 is 1.20 bits per heavy atom. The number of nitrogens with zero attached hydrogens (tertiary/aromatic N) is 3. The minimum Gasteiger partial charge on any atom is -0.468 e. The molecule has 1 aromatic heterocycles. The minimum absolute atomic E-state index is 0. The second-order valence-electron chi connectivity index (χ2n) is 7.96. The molecule has 2 atom stereocenters. The van der Waals surface area contributed by atoms with E-state index in [-0.39, 0.29) is 30.0 Å². The summed E-state index contributed by atoms with van der Waals surface area (Å²) in [6, 6.07) is 4.52. The molecule has 8 heteroatoms. The van der Waals surface area contributed by atoms with Gasteiger partial charge in [-0.05, 0) is 64.3 Å². The van der Waals surface area contributed by atoms with E-state index in [4.69, 9.17) is 9.41 Å². The van der Waals surface area contributed by atoms with Crippen LogP contribution >= 0.6 is 24.0 Å². The molecule has 2 unspecified atom stereocenters. The lowest BCUT2D eigenvalue weighted by molar-refractivity contribution is -0.129. The van der Waals surface area contributed by atoms with E-state index in [1.807, 2.05) is 6.07 Å². The number of nitrogens with one attached hydrogen (secondary N) is 2. The van der Waals surface area contributed by atoms with Crippen LogP contribution in [0.3, 0.4) is 0 Å². The zero-order valence-electron chi connectivity index (χ0n) is 18.4. The summed E-state index contributed by atoms with van der Waals surface area (Å²) >= 11 is 0. The largest absolute Gasteiger partial charge is 0.468 e. The van der Waals surface area contributed by atoms with E-state index in [0.29, 0.717) is 24.9 Å². The van der Waals surface area contributed by atoms with Crippen LogP contribution in [0.25, 0.3) is 0 Å². The summed E-state index contributed by atoms with van der Waals surface area (Å²) in [5, 5.41) is 6.82. The molecule has 2 aliphatic rings. The number of hydrogen-bond donors (Lipinski definition) is 2. The molecule has 2 aliphatic heterocycles. The Hall–Kier alpha value is -1.29. The first-order valence-electron chi connectivity index (χ1n) is 11.3. The van der Waals surface area contributed by atoms with Crippen molar-refractivity contribution in [3.63, 3.8) is 0 Å². The number of hydrogen-bond acceptors (Lipinski definition) is 4.